The Hall–Kier alpha value is -0.970. The largest absolute Gasteiger partial charge is 0.339 e. The van der Waals surface area contributed by atoms with Crippen molar-refractivity contribution in [1.29, 1.82) is 0 Å². The van der Waals surface area contributed by atoms with Gasteiger partial charge in [0.1, 0.15) is 0 Å². The number of aryl methyl sites for hydroxylation is 1. The molecule has 10 heteroatoms. The molecule has 0 bridgehead atoms. The molecule has 0 atom stereocenters. The second-order valence-electron chi connectivity index (χ2n) is 5.63. The topological polar surface area (TPSA) is 92.6 Å². The van der Waals surface area contributed by atoms with E-state index in [1.807, 2.05) is 0 Å². The predicted molar refractivity (Wildman–Crippen MR) is 82.2 cm³/mol. The highest BCUT2D eigenvalue weighted by Crippen LogP contribution is 2.18. The summed E-state index contributed by atoms with van der Waals surface area (Å²) in [7, 11) is -5.33. The Labute approximate surface area is 131 Å². The molecule has 0 spiro atoms. The zero-order chi connectivity index (χ0) is 16.5. The third-order valence-electron chi connectivity index (χ3n) is 3.65. The molecule has 2 heterocycles. The number of sulfonamides is 2. The monoisotopic (exact) mass is 350 g/mol. The van der Waals surface area contributed by atoms with Gasteiger partial charge in [0.2, 0.25) is 10.0 Å². The first kappa shape index (κ1) is 17.4. The Morgan fingerprint density at radius 2 is 1.64 bits per heavy atom. The van der Waals surface area contributed by atoms with E-state index in [4.69, 9.17) is 0 Å². The van der Waals surface area contributed by atoms with Crippen LogP contribution in [0.5, 0.6) is 0 Å². The van der Waals surface area contributed by atoms with E-state index in [9.17, 15) is 16.8 Å². The molecule has 8 nitrogen and oxygen atoms in total. The maximum atomic E-state index is 12.5. The summed E-state index contributed by atoms with van der Waals surface area (Å²) in [4.78, 5) is 3.89. The first-order chi connectivity index (χ1) is 10.2. The summed E-state index contributed by atoms with van der Waals surface area (Å²) >= 11 is 0. The van der Waals surface area contributed by atoms with Crippen molar-refractivity contribution in [2.45, 2.75) is 30.5 Å². The molecule has 1 aromatic rings. The summed E-state index contributed by atoms with van der Waals surface area (Å²) in [5.74, 6) is 0. The smallest absolute Gasteiger partial charge is 0.262 e. The lowest BCUT2D eigenvalue weighted by Gasteiger charge is -2.22. The van der Waals surface area contributed by atoms with Crippen molar-refractivity contribution in [3.05, 3.63) is 12.5 Å². The van der Waals surface area contributed by atoms with E-state index in [1.165, 1.54) is 21.1 Å². The first-order valence-electron chi connectivity index (χ1n) is 7.13. The molecule has 0 radical (unpaired) electrons. The van der Waals surface area contributed by atoms with Crippen molar-refractivity contribution in [3.8, 4) is 0 Å². The minimum absolute atomic E-state index is 0.00448. The summed E-state index contributed by atoms with van der Waals surface area (Å²) in [5.41, 5.74) is 0. The molecule has 1 fully saturated rings. The van der Waals surface area contributed by atoms with Gasteiger partial charge in [0.25, 0.3) is 10.0 Å². The van der Waals surface area contributed by atoms with Gasteiger partial charge in [-0.25, -0.2) is 26.1 Å². The highest BCUT2D eigenvalue weighted by molar-refractivity contribution is 7.89. The van der Waals surface area contributed by atoms with Crippen LogP contribution in [0.25, 0.3) is 0 Å². The SMILES string of the molecule is CC(C)S(=O)(=O)N1CCCN(S(=O)(=O)c2cn(C)cn2)CC1. The van der Waals surface area contributed by atoms with Crippen LogP contribution in [0.4, 0.5) is 0 Å². The standard InChI is InChI=1S/C12H22N4O4S2/c1-11(2)21(17,18)15-5-4-6-16(8-7-15)22(19,20)12-9-14(3)10-13-12/h9-11H,4-8H2,1-3H3. The average Bonchev–Trinajstić information content (AvgIpc) is 2.73. The maximum Gasteiger partial charge on any atom is 0.262 e. The van der Waals surface area contributed by atoms with Gasteiger partial charge in [0.15, 0.2) is 5.03 Å². The van der Waals surface area contributed by atoms with Crippen LogP contribution in [0.3, 0.4) is 0 Å². The van der Waals surface area contributed by atoms with Crippen molar-refractivity contribution in [2.75, 3.05) is 26.2 Å². The second-order valence-corrected chi connectivity index (χ2v) is 10.0. The lowest BCUT2D eigenvalue weighted by atomic mass is 10.4. The van der Waals surface area contributed by atoms with E-state index >= 15 is 0 Å². The van der Waals surface area contributed by atoms with Gasteiger partial charge in [-0.15, -0.1) is 0 Å². The van der Waals surface area contributed by atoms with E-state index in [0.717, 1.165) is 0 Å². The van der Waals surface area contributed by atoms with Gasteiger partial charge in [-0.1, -0.05) is 0 Å². The van der Waals surface area contributed by atoms with Crippen LogP contribution in [0.15, 0.2) is 17.6 Å². The van der Waals surface area contributed by atoms with Crippen molar-refractivity contribution in [1.82, 2.24) is 18.2 Å². The van der Waals surface area contributed by atoms with E-state index in [1.54, 1.807) is 25.5 Å². The number of hydrogen-bond acceptors (Lipinski definition) is 5. The Kier molecular flexibility index (Phi) is 4.95. The third-order valence-corrected chi connectivity index (χ3v) is 7.72. The average molecular weight is 350 g/mol. The number of imidazole rings is 1. The van der Waals surface area contributed by atoms with Crippen LogP contribution in [0.2, 0.25) is 0 Å². The van der Waals surface area contributed by atoms with Gasteiger partial charge in [-0.2, -0.15) is 4.31 Å². The van der Waals surface area contributed by atoms with E-state index in [2.05, 4.69) is 4.98 Å². The summed E-state index contributed by atoms with van der Waals surface area (Å²) in [6.07, 6.45) is 3.35. The Morgan fingerprint density at radius 1 is 1.05 bits per heavy atom. The lowest BCUT2D eigenvalue weighted by Crippen LogP contribution is -2.40. The zero-order valence-corrected chi connectivity index (χ0v) is 14.6. The quantitative estimate of drug-likeness (QED) is 0.753. The van der Waals surface area contributed by atoms with Crippen LogP contribution in [-0.2, 0) is 27.1 Å². The van der Waals surface area contributed by atoms with Crippen LogP contribution < -0.4 is 0 Å². The van der Waals surface area contributed by atoms with E-state index in [0.29, 0.717) is 19.5 Å². The minimum Gasteiger partial charge on any atom is -0.339 e. The van der Waals surface area contributed by atoms with Crippen LogP contribution in [0, 0.1) is 0 Å². The second kappa shape index (κ2) is 6.26. The molecule has 0 unspecified atom stereocenters. The molecule has 0 amide bonds. The van der Waals surface area contributed by atoms with E-state index < -0.39 is 25.3 Å². The van der Waals surface area contributed by atoms with Crippen LogP contribution >= 0.6 is 0 Å². The molecule has 2 rings (SSSR count). The summed E-state index contributed by atoms with van der Waals surface area (Å²) in [5, 5.41) is -0.512. The van der Waals surface area contributed by atoms with Gasteiger partial charge < -0.3 is 4.57 Å². The fourth-order valence-corrected chi connectivity index (χ4v) is 5.07. The van der Waals surface area contributed by atoms with Gasteiger partial charge in [0, 0.05) is 39.4 Å². The molecule has 22 heavy (non-hydrogen) atoms. The number of rotatable bonds is 4. The number of aromatic nitrogens is 2. The normalized spacial score (nSPS) is 19.5. The highest BCUT2D eigenvalue weighted by Gasteiger charge is 2.32. The molecule has 0 N–H and O–H groups in total. The fourth-order valence-electron chi connectivity index (χ4n) is 2.32. The van der Waals surface area contributed by atoms with Gasteiger partial charge in [-0.3, -0.25) is 0 Å². The molecule has 1 aromatic heterocycles. The molecule has 0 aromatic carbocycles. The minimum atomic E-state index is -3.67. The summed E-state index contributed by atoms with van der Waals surface area (Å²) < 4.78 is 53.7. The number of nitrogens with zero attached hydrogens (tertiary/aromatic N) is 4. The predicted octanol–water partition coefficient (Wildman–Crippen LogP) is -0.145. The maximum absolute atomic E-state index is 12.5. The Morgan fingerprint density at radius 3 is 2.18 bits per heavy atom. The van der Waals surface area contributed by atoms with E-state index in [-0.39, 0.29) is 18.1 Å². The molecule has 126 valence electrons. The molecular weight excluding hydrogens is 328 g/mol. The molecule has 0 saturated carbocycles. The van der Waals surface area contributed by atoms with Crippen molar-refractivity contribution in [2.24, 2.45) is 7.05 Å². The number of hydrogen-bond donors (Lipinski definition) is 0. The molecular formula is C12H22N4O4S2. The Bertz CT molecular complexity index is 724. The van der Waals surface area contributed by atoms with Gasteiger partial charge in [-0.05, 0) is 20.3 Å². The highest BCUT2D eigenvalue weighted by atomic mass is 32.2. The fraction of sp³-hybridized carbons (Fsp3) is 0.750. The molecule has 1 aliphatic rings. The van der Waals surface area contributed by atoms with Crippen LogP contribution in [0.1, 0.15) is 20.3 Å². The lowest BCUT2D eigenvalue weighted by molar-refractivity contribution is 0.401. The van der Waals surface area contributed by atoms with Gasteiger partial charge in [0.05, 0.1) is 11.6 Å². The summed E-state index contributed by atoms with van der Waals surface area (Å²) in [6.45, 7) is 4.21. The Balaban J connectivity index is 2.17. The third kappa shape index (κ3) is 3.34. The zero-order valence-electron chi connectivity index (χ0n) is 13.0. The van der Waals surface area contributed by atoms with Crippen molar-refractivity contribution in [3.63, 3.8) is 0 Å². The summed E-state index contributed by atoms with van der Waals surface area (Å²) in [6, 6.07) is 0. The first-order valence-corrected chi connectivity index (χ1v) is 10.1. The van der Waals surface area contributed by atoms with Gasteiger partial charge >= 0.3 is 0 Å². The van der Waals surface area contributed by atoms with Crippen molar-refractivity contribution >= 4 is 20.0 Å². The van der Waals surface area contributed by atoms with Crippen LogP contribution in [-0.4, -0.2) is 66.4 Å². The molecule has 1 saturated heterocycles. The molecule has 0 aliphatic carbocycles. The van der Waals surface area contributed by atoms with Crippen molar-refractivity contribution < 1.29 is 16.8 Å². The molecule has 1 aliphatic heterocycles.